The van der Waals surface area contributed by atoms with Gasteiger partial charge in [-0.25, -0.2) is 8.42 Å². The fraction of sp³-hybridized carbons (Fsp3) is 0.938. The summed E-state index contributed by atoms with van der Waals surface area (Å²) in [5, 5.41) is 6.44. The number of hydrogen-bond donors (Lipinski definition) is 2. The van der Waals surface area contributed by atoms with E-state index in [1.54, 1.807) is 7.05 Å². The first-order valence-corrected chi connectivity index (χ1v) is 10.9. The van der Waals surface area contributed by atoms with Gasteiger partial charge in [-0.1, -0.05) is 26.7 Å². The van der Waals surface area contributed by atoms with Gasteiger partial charge in [-0.2, -0.15) is 0 Å². The van der Waals surface area contributed by atoms with Crippen molar-refractivity contribution in [1.29, 1.82) is 0 Å². The molecule has 1 aliphatic heterocycles. The minimum atomic E-state index is -2.97. The molecule has 142 valence electrons. The number of aliphatic imine (C=N–C) groups is 1. The lowest BCUT2D eigenvalue weighted by atomic mass is 9.92. The van der Waals surface area contributed by atoms with E-state index < -0.39 is 9.84 Å². The van der Waals surface area contributed by atoms with Gasteiger partial charge < -0.3 is 15.4 Å². The molecule has 0 radical (unpaired) electrons. The van der Waals surface area contributed by atoms with Gasteiger partial charge in [0.1, 0.15) is 9.84 Å². The van der Waals surface area contributed by atoms with Crippen LogP contribution >= 0.6 is 0 Å². The van der Waals surface area contributed by atoms with Gasteiger partial charge >= 0.3 is 0 Å². The molecule has 0 aromatic rings. The number of ether oxygens (including phenoxy) is 1. The molecule has 0 bridgehead atoms. The van der Waals surface area contributed by atoms with Gasteiger partial charge in [0.15, 0.2) is 5.96 Å². The zero-order valence-electron chi connectivity index (χ0n) is 15.5. The molecule has 1 aliphatic rings. The first-order valence-electron chi connectivity index (χ1n) is 8.85. The minimum Gasteiger partial charge on any atom is -0.379 e. The lowest BCUT2D eigenvalue weighted by Gasteiger charge is -2.39. The number of hydrogen-bond acceptors (Lipinski definition) is 5. The molecule has 0 saturated carbocycles. The molecule has 8 heteroatoms. The van der Waals surface area contributed by atoms with Crippen LogP contribution in [0.25, 0.3) is 0 Å². The Labute approximate surface area is 147 Å². The largest absolute Gasteiger partial charge is 0.379 e. The molecular formula is C16H34N4O3S. The van der Waals surface area contributed by atoms with Crippen LogP contribution < -0.4 is 10.6 Å². The molecule has 1 rings (SSSR count). The van der Waals surface area contributed by atoms with Crippen LogP contribution in [0, 0.1) is 5.92 Å². The van der Waals surface area contributed by atoms with Crippen LogP contribution in [-0.4, -0.2) is 83.8 Å². The fourth-order valence-corrected chi connectivity index (χ4v) is 3.59. The van der Waals surface area contributed by atoms with E-state index in [-0.39, 0.29) is 5.75 Å². The van der Waals surface area contributed by atoms with Crippen LogP contribution in [0.1, 0.15) is 26.7 Å². The Kier molecular flexibility index (Phi) is 9.61. The highest BCUT2D eigenvalue weighted by atomic mass is 32.2. The van der Waals surface area contributed by atoms with E-state index in [0.29, 0.717) is 24.5 Å². The summed E-state index contributed by atoms with van der Waals surface area (Å²) in [5.74, 6) is 1.38. The Morgan fingerprint density at radius 3 is 2.33 bits per heavy atom. The summed E-state index contributed by atoms with van der Waals surface area (Å²) in [4.78, 5) is 6.69. The van der Waals surface area contributed by atoms with Gasteiger partial charge in [0, 0.05) is 45.5 Å². The number of morpholine rings is 1. The summed E-state index contributed by atoms with van der Waals surface area (Å²) >= 11 is 0. The molecular weight excluding hydrogens is 328 g/mol. The molecule has 0 aliphatic carbocycles. The minimum absolute atomic E-state index is 0.104. The first-order chi connectivity index (χ1) is 11.4. The van der Waals surface area contributed by atoms with Crippen molar-refractivity contribution in [2.45, 2.75) is 32.7 Å². The lowest BCUT2D eigenvalue weighted by molar-refractivity contribution is 0.00272. The predicted octanol–water partition coefficient (Wildman–Crippen LogP) is 0.333. The van der Waals surface area contributed by atoms with E-state index in [9.17, 15) is 8.42 Å². The zero-order valence-corrected chi connectivity index (χ0v) is 16.4. The van der Waals surface area contributed by atoms with Crippen LogP contribution in [0.15, 0.2) is 4.99 Å². The molecule has 0 aromatic carbocycles. The van der Waals surface area contributed by atoms with E-state index in [0.717, 1.165) is 45.7 Å². The van der Waals surface area contributed by atoms with Crippen molar-refractivity contribution < 1.29 is 13.2 Å². The molecule has 0 amide bonds. The average Bonchev–Trinajstić information content (AvgIpc) is 2.56. The molecule has 24 heavy (non-hydrogen) atoms. The topological polar surface area (TPSA) is 83.0 Å². The van der Waals surface area contributed by atoms with Crippen molar-refractivity contribution in [2.75, 3.05) is 58.4 Å². The monoisotopic (exact) mass is 362 g/mol. The second-order valence-corrected chi connectivity index (χ2v) is 8.56. The van der Waals surface area contributed by atoms with Crippen molar-refractivity contribution in [3.63, 3.8) is 0 Å². The van der Waals surface area contributed by atoms with E-state index in [1.807, 2.05) is 0 Å². The fourth-order valence-electron chi connectivity index (χ4n) is 3.11. The van der Waals surface area contributed by atoms with E-state index in [4.69, 9.17) is 4.74 Å². The molecule has 0 spiro atoms. The Morgan fingerprint density at radius 1 is 1.21 bits per heavy atom. The molecule has 1 atom stereocenters. The predicted molar refractivity (Wildman–Crippen MR) is 99.3 cm³/mol. The van der Waals surface area contributed by atoms with Gasteiger partial charge in [0.05, 0.1) is 19.0 Å². The molecule has 1 unspecified atom stereocenters. The second-order valence-electron chi connectivity index (χ2n) is 6.30. The average molecular weight is 363 g/mol. The standard InChI is InChI=1S/C16H34N4O3S/c1-5-14(6-2)15(20-8-10-23-11-9-20)13-19-16(17-3)18-7-12-24(4,21)22/h14-15H,5-13H2,1-4H3,(H2,17,18,19). The maximum Gasteiger partial charge on any atom is 0.191 e. The van der Waals surface area contributed by atoms with Gasteiger partial charge in [-0.05, 0) is 5.92 Å². The lowest BCUT2D eigenvalue weighted by Crippen LogP contribution is -2.53. The highest BCUT2D eigenvalue weighted by molar-refractivity contribution is 7.90. The van der Waals surface area contributed by atoms with Gasteiger partial charge in [-0.15, -0.1) is 0 Å². The maximum atomic E-state index is 11.2. The van der Waals surface area contributed by atoms with Crippen LogP contribution in [0.2, 0.25) is 0 Å². The zero-order chi connectivity index (χ0) is 18.0. The van der Waals surface area contributed by atoms with Crippen molar-refractivity contribution in [2.24, 2.45) is 10.9 Å². The van der Waals surface area contributed by atoms with E-state index in [2.05, 4.69) is 34.4 Å². The van der Waals surface area contributed by atoms with Crippen molar-refractivity contribution in [3.05, 3.63) is 0 Å². The third-order valence-electron chi connectivity index (χ3n) is 4.58. The smallest absolute Gasteiger partial charge is 0.191 e. The quantitative estimate of drug-likeness (QED) is 0.454. The van der Waals surface area contributed by atoms with Crippen molar-refractivity contribution in [3.8, 4) is 0 Å². The van der Waals surface area contributed by atoms with Crippen LogP contribution in [0.5, 0.6) is 0 Å². The summed E-state index contributed by atoms with van der Waals surface area (Å²) in [6.45, 7) is 9.14. The van der Waals surface area contributed by atoms with Gasteiger partial charge in [-0.3, -0.25) is 9.89 Å². The molecule has 1 heterocycles. The van der Waals surface area contributed by atoms with Crippen molar-refractivity contribution in [1.82, 2.24) is 15.5 Å². The normalized spacial score (nSPS) is 18.6. The maximum absolute atomic E-state index is 11.2. The summed E-state index contributed by atoms with van der Waals surface area (Å²) in [6, 6.07) is 0.428. The first kappa shape index (κ1) is 21.2. The number of nitrogens with one attached hydrogen (secondary N) is 2. The van der Waals surface area contributed by atoms with Gasteiger partial charge in [0.2, 0.25) is 0 Å². The second kappa shape index (κ2) is 10.9. The van der Waals surface area contributed by atoms with E-state index >= 15 is 0 Å². The highest BCUT2D eigenvalue weighted by Crippen LogP contribution is 2.19. The van der Waals surface area contributed by atoms with Crippen LogP contribution in [0.3, 0.4) is 0 Å². The molecule has 2 N–H and O–H groups in total. The number of guanidine groups is 1. The van der Waals surface area contributed by atoms with Crippen molar-refractivity contribution >= 4 is 15.8 Å². The highest BCUT2D eigenvalue weighted by Gasteiger charge is 2.26. The Morgan fingerprint density at radius 2 is 1.83 bits per heavy atom. The van der Waals surface area contributed by atoms with E-state index in [1.165, 1.54) is 6.26 Å². The summed E-state index contributed by atoms with van der Waals surface area (Å²) in [5.41, 5.74) is 0. The van der Waals surface area contributed by atoms with Crippen LogP contribution in [-0.2, 0) is 14.6 Å². The Balaban J connectivity index is 2.57. The number of nitrogens with zero attached hydrogens (tertiary/aromatic N) is 2. The number of rotatable bonds is 9. The summed E-state index contributed by atoms with van der Waals surface area (Å²) in [6.07, 6.45) is 3.52. The Hall–Kier alpha value is -0.860. The van der Waals surface area contributed by atoms with Gasteiger partial charge in [0.25, 0.3) is 0 Å². The summed E-state index contributed by atoms with van der Waals surface area (Å²) in [7, 11) is -1.26. The van der Waals surface area contributed by atoms with Crippen LogP contribution in [0.4, 0.5) is 0 Å². The molecule has 0 aromatic heterocycles. The third kappa shape index (κ3) is 7.81. The molecule has 1 fully saturated rings. The summed E-state index contributed by atoms with van der Waals surface area (Å²) < 4.78 is 27.9. The SMILES string of the molecule is CCC(CC)C(CNC(=NC)NCCS(C)(=O)=O)N1CCOCC1. The molecule has 1 saturated heterocycles. The molecule has 7 nitrogen and oxygen atoms in total. The Bertz CT molecular complexity index is 472. The number of sulfone groups is 1. The third-order valence-corrected chi connectivity index (χ3v) is 5.52.